The molecule has 0 bridgehead atoms. The van der Waals surface area contributed by atoms with Crippen LogP contribution >= 0.6 is 0 Å². The van der Waals surface area contributed by atoms with Gasteiger partial charge in [0, 0.05) is 29.9 Å². The molecule has 0 radical (unpaired) electrons. The van der Waals surface area contributed by atoms with Crippen molar-refractivity contribution in [1.29, 1.82) is 0 Å². The number of carbonyl (C=O) groups excluding carboxylic acids is 2. The quantitative estimate of drug-likeness (QED) is 0.587. The van der Waals surface area contributed by atoms with Gasteiger partial charge in [0.05, 0.1) is 11.0 Å². The van der Waals surface area contributed by atoms with Gasteiger partial charge in [-0.2, -0.15) is 0 Å². The van der Waals surface area contributed by atoms with Crippen LogP contribution in [0.3, 0.4) is 0 Å². The topological polar surface area (TPSA) is 115 Å². The van der Waals surface area contributed by atoms with Gasteiger partial charge in [0.25, 0.3) is 11.8 Å². The highest BCUT2D eigenvalue weighted by atomic mass is 16.2. The number of nitrogens with zero attached hydrogens (tertiary/aromatic N) is 1. The van der Waals surface area contributed by atoms with Gasteiger partial charge in [0.1, 0.15) is 0 Å². The van der Waals surface area contributed by atoms with Crippen molar-refractivity contribution in [2.75, 3.05) is 18.4 Å². The Bertz CT molecular complexity index is 1160. The number of aromatic nitrogens is 2. The summed E-state index contributed by atoms with van der Waals surface area (Å²) in [5, 5.41) is 2.75. The molecule has 0 aliphatic carbocycles. The third-order valence-electron chi connectivity index (χ3n) is 4.40. The smallest absolute Gasteiger partial charge is 0.314 e. The number of rotatable bonds is 5. The van der Waals surface area contributed by atoms with Crippen LogP contribution in [0, 0.1) is 0 Å². The minimum absolute atomic E-state index is 0.103. The van der Waals surface area contributed by atoms with Crippen molar-refractivity contribution in [3.05, 3.63) is 74.3 Å². The first-order chi connectivity index (χ1) is 13.4. The van der Waals surface area contributed by atoms with Crippen LogP contribution in [0.25, 0.3) is 11.0 Å². The molecule has 144 valence electrons. The number of amides is 2. The molecule has 2 aromatic carbocycles. The van der Waals surface area contributed by atoms with Crippen molar-refractivity contribution >= 4 is 28.5 Å². The predicted octanol–water partition coefficient (Wildman–Crippen LogP) is 1.95. The van der Waals surface area contributed by atoms with Crippen LogP contribution in [-0.2, 0) is 0 Å². The average Bonchev–Trinajstić information content (AvgIpc) is 2.69. The summed E-state index contributed by atoms with van der Waals surface area (Å²) in [6.07, 6.45) is 0. The van der Waals surface area contributed by atoms with Gasteiger partial charge in [-0.3, -0.25) is 19.2 Å². The maximum absolute atomic E-state index is 12.6. The highest BCUT2D eigenvalue weighted by Gasteiger charge is 2.14. The molecule has 3 aromatic rings. The van der Waals surface area contributed by atoms with Crippen molar-refractivity contribution in [2.24, 2.45) is 0 Å². The van der Waals surface area contributed by atoms with E-state index in [-0.39, 0.29) is 5.91 Å². The van der Waals surface area contributed by atoms with Gasteiger partial charge in [-0.25, -0.2) is 0 Å². The first-order valence-electron chi connectivity index (χ1n) is 8.90. The van der Waals surface area contributed by atoms with E-state index in [0.717, 1.165) is 0 Å². The van der Waals surface area contributed by atoms with Crippen LogP contribution < -0.4 is 16.4 Å². The average molecular weight is 380 g/mol. The predicted molar refractivity (Wildman–Crippen MR) is 107 cm³/mol. The van der Waals surface area contributed by atoms with Gasteiger partial charge in [0.15, 0.2) is 0 Å². The standard InChI is InChI=1S/C20H20N4O4/c1-3-24(4-2)20(28)13-6-5-7-14(10-13)21-17(25)12-8-9-15-16(11-12)23-19(27)18(26)22-15/h5-11H,3-4H2,1-2H3,(H,21,25)(H,22,26)(H,23,27). The van der Waals surface area contributed by atoms with Gasteiger partial charge >= 0.3 is 11.1 Å². The second kappa shape index (κ2) is 7.91. The van der Waals surface area contributed by atoms with Crippen molar-refractivity contribution < 1.29 is 9.59 Å². The summed E-state index contributed by atoms with van der Waals surface area (Å²) in [4.78, 5) is 54.4. The van der Waals surface area contributed by atoms with E-state index in [1.165, 1.54) is 12.1 Å². The molecule has 8 nitrogen and oxygen atoms in total. The molecule has 0 fully saturated rings. The molecule has 0 aliphatic heterocycles. The van der Waals surface area contributed by atoms with Crippen LogP contribution in [0.4, 0.5) is 5.69 Å². The minimum atomic E-state index is -0.785. The fourth-order valence-electron chi connectivity index (χ4n) is 2.88. The van der Waals surface area contributed by atoms with E-state index in [4.69, 9.17) is 0 Å². The third-order valence-corrected chi connectivity index (χ3v) is 4.40. The molecule has 1 heterocycles. The Hall–Kier alpha value is -3.68. The van der Waals surface area contributed by atoms with Crippen LogP contribution in [0.1, 0.15) is 34.6 Å². The molecule has 0 saturated heterocycles. The number of hydrogen-bond acceptors (Lipinski definition) is 4. The highest BCUT2D eigenvalue weighted by Crippen LogP contribution is 2.16. The second-order valence-electron chi connectivity index (χ2n) is 6.18. The molecule has 0 spiro atoms. The molecule has 2 amide bonds. The molecule has 0 unspecified atom stereocenters. The molecule has 28 heavy (non-hydrogen) atoms. The van der Waals surface area contributed by atoms with Gasteiger partial charge in [-0.1, -0.05) is 6.07 Å². The Morgan fingerprint density at radius 2 is 1.57 bits per heavy atom. The number of fused-ring (bicyclic) bond motifs is 1. The summed E-state index contributed by atoms with van der Waals surface area (Å²) in [5.41, 5.74) is 0.512. The summed E-state index contributed by atoms with van der Waals surface area (Å²) < 4.78 is 0. The highest BCUT2D eigenvalue weighted by molar-refractivity contribution is 6.06. The van der Waals surface area contributed by atoms with Crippen molar-refractivity contribution in [3.63, 3.8) is 0 Å². The van der Waals surface area contributed by atoms with Gasteiger partial charge in [0.2, 0.25) is 0 Å². The molecular formula is C20H20N4O4. The molecule has 3 N–H and O–H groups in total. The van der Waals surface area contributed by atoms with Gasteiger partial charge in [-0.15, -0.1) is 0 Å². The maximum atomic E-state index is 12.6. The fraction of sp³-hybridized carbons (Fsp3) is 0.200. The Balaban J connectivity index is 1.85. The first kappa shape index (κ1) is 19.1. The number of benzene rings is 2. The Kier molecular flexibility index (Phi) is 5.39. The molecule has 0 saturated carbocycles. The Morgan fingerprint density at radius 1 is 0.893 bits per heavy atom. The normalized spacial score (nSPS) is 10.6. The number of H-pyrrole nitrogens is 2. The molecule has 3 rings (SSSR count). The van der Waals surface area contributed by atoms with Crippen molar-refractivity contribution in [1.82, 2.24) is 14.9 Å². The van der Waals surface area contributed by atoms with Crippen molar-refractivity contribution in [2.45, 2.75) is 13.8 Å². The Morgan fingerprint density at radius 3 is 2.25 bits per heavy atom. The van der Waals surface area contributed by atoms with Crippen LogP contribution in [0.5, 0.6) is 0 Å². The molecule has 0 atom stereocenters. The third kappa shape index (κ3) is 3.85. The molecule has 0 aliphatic rings. The zero-order chi connectivity index (χ0) is 20.3. The van der Waals surface area contributed by atoms with E-state index >= 15 is 0 Å². The number of aromatic amines is 2. The number of anilines is 1. The lowest BCUT2D eigenvalue weighted by Crippen LogP contribution is -2.30. The summed E-state index contributed by atoms with van der Waals surface area (Å²) in [7, 11) is 0. The maximum Gasteiger partial charge on any atom is 0.314 e. The monoisotopic (exact) mass is 380 g/mol. The minimum Gasteiger partial charge on any atom is -0.339 e. The van der Waals surface area contributed by atoms with Crippen LogP contribution in [0.15, 0.2) is 52.1 Å². The fourth-order valence-corrected chi connectivity index (χ4v) is 2.88. The second-order valence-corrected chi connectivity index (χ2v) is 6.18. The zero-order valence-electron chi connectivity index (χ0n) is 15.5. The van der Waals surface area contributed by atoms with E-state index in [1.807, 2.05) is 13.8 Å². The lowest BCUT2D eigenvalue weighted by atomic mass is 10.1. The SMILES string of the molecule is CCN(CC)C(=O)c1cccc(NC(=O)c2ccc3[nH]c(=O)c(=O)[nH]c3c2)c1. The molecule has 8 heteroatoms. The summed E-state index contributed by atoms with van der Waals surface area (Å²) in [6, 6.07) is 11.3. The van der Waals surface area contributed by atoms with Gasteiger partial charge < -0.3 is 20.2 Å². The summed E-state index contributed by atoms with van der Waals surface area (Å²) in [6.45, 7) is 5.02. The van der Waals surface area contributed by atoms with Crippen LogP contribution in [-0.4, -0.2) is 39.8 Å². The van der Waals surface area contributed by atoms with Gasteiger partial charge in [-0.05, 0) is 50.2 Å². The van der Waals surface area contributed by atoms with E-state index in [9.17, 15) is 19.2 Å². The summed E-state index contributed by atoms with van der Waals surface area (Å²) in [5.74, 6) is -0.505. The number of nitrogens with one attached hydrogen (secondary N) is 3. The molecular weight excluding hydrogens is 360 g/mol. The largest absolute Gasteiger partial charge is 0.339 e. The van der Waals surface area contributed by atoms with E-state index in [0.29, 0.717) is 40.9 Å². The van der Waals surface area contributed by atoms with E-state index < -0.39 is 17.0 Å². The zero-order valence-corrected chi connectivity index (χ0v) is 15.5. The number of carbonyl (C=O) groups is 2. The van der Waals surface area contributed by atoms with E-state index in [1.54, 1.807) is 35.2 Å². The number of hydrogen-bond donors (Lipinski definition) is 3. The Labute approximate surface area is 160 Å². The first-order valence-corrected chi connectivity index (χ1v) is 8.90. The molecule has 1 aromatic heterocycles. The van der Waals surface area contributed by atoms with Crippen molar-refractivity contribution in [3.8, 4) is 0 Å². The summed E-state index contributed by atoms with van der Waals surface area (Å²) >= 11 is 0. The van der Waals surface area contributed by atoms with E-state index in [2.05, 4.69) is 15.3 Å². The lowest BCUT2D eigenvalue weighted by Gasteiger charge is -2.19. The van der Waals surface area contributed by atoms with Crippen LogP contribution in [0.2, 0.25) is 0 Å². The lowest BCUT2D eigenvalue weighted by molar-refractivity contribution is 0.0772.